The molecule has 0 aliphatic carbocycles. The summed E-state index contributed by atoms with van der Waals surface area (Å²) in [7, 11) is -3.68. The second-order valence-corrected chi connectivity index (χ2v) is 8.16. The Kier molecular flexibility index (Phi) is 5.02. The molecule has 6 nitrogen and oxygen atoms in total. The summed E-state index contributed by atoms with van der Waals surface area (Å²) in [4.78, 5) is 0.355. The fraction of sp³-hybridized carbons (Fsp3) is 0.316. The van der Waals surface area contributed by atoms with Crippen LogP contribution < -0.4 is 4.72 Å². The molecule has 2 aromatic heterocycles. The van der Waals surface area contributed by atoms with E-state index in [0.29, 0.717) is 10.7 Å². The molecule has 0 aliphatic rings. The molecule has 3 rings (SSSR count). The molecule has 7 heteroatoms. The van der Waals surface area contributed by atoms with Crippen LogP contribution in [0.15, 0.2) is 52.2 Å². The minimum absolute atomic E-state index is 0.142. The maximum absolute atomic E-state index is 13.1. The smallest absolute Gasteiger partial charge is 0.241 e. The fourth-order valence-electron chi connectivity index (χ4n) is 3.11. The molecule has 0 fully saturated rings. The van der Waals surface area contributed by atoms with Crippen molar-refractivity contribution in [1.29, 1.82) is 0 Å². The van der Waals surface area contributed by atoms with Gasteiger partial charge in [-0.15, -0.1) is 0 Å². The van der Waals surface area contributed by atoms with Gasteiger partial charge in [0.25, 0.3) is 0 Å². The van der Waals surface area contributed by atoms with Gasteiger partial charge in [0.1, 0.15) is 11.8 Å². The molecule has 0 radical (unpaired) electrons. The molecule has 1 aromatic carbocycles. The summed E-state index contributed by atoms with van der Waals surface area (Å²) in [6.45, 7) is 7.68. The Hall–Kier alpha value is -2.38. The van der Waals surface area contributed by atoms with Crippen LogP contribution in [0, 0.1) is 27.7 Å². The Labute approximate surface area is 153 Å². The van der Waals surface area contributed by atoms with E-state index in [1.165, 1.54) is 0 Å². The molecule has 1 N–H and O–H groups in total. The van der Waals surface area contributed by atoms with Gasteiger partial charge in [-0.2, -0.15) is 5.10 Å². The minimum Gasteiger partial charge on any atom is -0.467 e. The molecule has 2 heterocycles. The van der Waals surface area contributed by atoms with Gasteiger partial charge in [-0.05, 0) is 68.1 Å². The average molecular weight is 373 g/mol. The van der Waals surface area contributed by atoms with Gasteiger partial charge in [-0.1, -0.05) is 6.07 Å². The highest BCUT2D eigenvalue weighted by molar-refractivity contribution is 7.89. The third-order valence-corrected chi connectivity index (χ3v) is 6.44. The lowest BCUT2D eigenvalue weighted by molar-refractivity contribution is 0.402. The van der Waals surface area contributed by atoms with E-state index < -0.39 is 10.0 Å². The molecule has 26 heavy (non-hydrogen) atoms. The van der Waals surface area contributed by atoms with Gasteiger partial charge in [0.05, 0.1) is 11.2 Å². The van der Waals surface area contributed by atoms with Gasteiger partial charge in [0.15, 0.2) is 0 Å². The quantitative estimate of drug-likeness (QED) is 0.719. The number of hydrogen-bond donors (Lipinski definition) is 1. The van der Waals surface area contributed by atoms with Crippen molar-refractivity contribution in [1.82, 2.24) is 14.5 Å². The predicted octanol–water partition coefficient (Wildman–Crippen LogP) is 3.28. The van der Waals surface area contributed by atoms with E-state index in [1.807, 2.05) is 39.8 Å². The second-order valence-electron chi connectivity index (χ2n) is 6.46. The summed E-state index contributed by atoms with van der Waals surface area (Å²) >= 11 is 0. The SMILES string of the molecule is Cc1cc(C)c(C)c(S(=O)(=O)NCC(c2ccco2)n2cccn2)c1C. The number of rotatable bonds is 6. The summed E-state index contributed by atoms with van der Waals surface area (Å²) in [5.74, 6) is 0.644. The van der Waals surface area contributed by atoms with E-state index in [2.05, 4.69) is 9.82 Å². The monoisotopic (exact) mass is 373 g/mol. The molecule has 1 unspecified atom stereocenters. The van der Waals surface area contributed by atoms with Crippen molar-refractivity contribution in [3.63, 3.8) is 0 Å². The Morgan fingerprint density at radius 2 is 1.85 bits per heavy atom. The topological polar surface area (TPSA) is 77.1 Å². The van der Waals surface area contributed by atoms with Gasteiger partial charge in [0, 0.05) is 18.9 Å². The lowest BCUT2D eigenvalue weighted by atomic mass is 10.0. The van der Waals surface area contributed by atoms with E-state index in [9.17, 15) is 8.42 Å². The lowest BCUT2D eigenvalue weighted by Gasteiger charge is -2.19. The molecule has 0 aliphatic heterocycles. The Balaban J connectivity index is 1.93. The van der Waals surface area contributed by atoms with Crippen molar-refractivity contribution >= 4 is 10.0 Å². The zero-order chi connectivity index (χ0) is 18.9. The zero-order valence-electron chi connectivity index (χ0n) is 15.4. The highest BCUT2D eigenvalue weighted by atomic mass is 32.2. The maximum Gasteiger partial charge on any atom is 0.241 e. The van der Waals surface area contributed by atoms with Crippen LogP contribution in [0.2, 0.25) is 0 Å². The van der Waals surface area contributed by atoms with Crippen LogP contribution in [0.3, 0.4) is 0 Å². The van der Waals surface area contributed by atoms with E-state index in [1.54, 1.807) is 35.5 Å². The lowest BCUT2D eigenvalue weighted by Crippen LogP contribution is -2.32. The standard InChI is InChI=1S/C19H23N3O3S/c1-13-11-14(2)16(4)19(15(13)3)26(23,24)21-12-17(18-7-5-10-25-18)22-9-6-8-20-22/h5-11,17,21H,12H2,1-4H3. The van der Waals surface area contributed by atoms with E-state index in [4.69, 9.17) is 4.42 Å². The van der Waals surface area contributed by atoms with Gasteiger partial charge in [-0.3, -0.25) is 4.68 Å². The summed E-state index contributed by atoms with van der Waals surface area (Å²) in [5, 5.41) is 4.23. The molecule has 1 atom stereocenters. The Bertz CT molecular complexity index is 931. The number of aromatic nitrogens is 2. The summed E-state index contributed by atoms with van der Waals surface area (Å²) < 4.78 is 36.0. The average Bonchev–Trinajstić information content (AvgIpc) is 3.27. The van der Waals surface area contributed by atoms with Crippen molar-refractivity contribution in [3.8, 4) is 0 Å². The largest absolute Gasteiger partial charge is 0.467 e. The summed E-state index contributed by atoms with van der Waals surface area (Å²) in [6.07, 6.45) is 5.01. The normalized spacial score (nSPS) is 13.1. The number of hydrogen-bond acceptors (Lipinski definition) is 4. The molecule has 0 saturated carbocycles. The first-order valence-corrected chi connectivity index (χ1v) is 9.89. The van der Waals surface area contributed by atoms with E-state index >= 15 is 0 Å². The third-order valence-electron chi connectivity index (χ3n) is 4.75. The van der Waals surface area contributed by atoms with Crippen LogP contribution >= 0.6 is 0 Å². The predicted molar refractivity (Wildman–Crippen MR) is 99.7 cm³/mol. The molecule has 3 aromatic rings. The highest BCUT2D eigenvalue weighted by Crippen LogP contribution is 2.26. The van der Waals surface area contributed by atoms with Crippen LogP contribution in [-0.2, 0) is 10.0 Å². The van der Waals surface area contributed by atoms with E-state index in [0.717, 1.165) is 22.3 Å². The molecule has 138 valence electrons. The van der Waals surface area contributed by atoms with Crippen molar-refractivity contribution in [2.75, 3.05) is 6.54 Å². The van der Waals surface area contributed by atoms with Gasteiger partial charge in [-0.25, -0.2) is 13.1 Å². The Morgan fingerprint density at radius 3 is 2.38 bits per heavy atom. The number of nitrogens with one attached hydrogen (secondary N) is 1. The number of sulfonamides is 1. The van der Waals surface area contributed by atoms with Crippen molar-refractivity contribution in [2.45, 2.75) is 38.6 Å². The van der Waals surface area contributed by atoms with Crippen LogP contribution in [0.4, 0.5) is 0 Å². The molecule has 0 bridgehead atoms. The van der Waals surface area contributed by atoms with Gasteiger partial charge >= 0.3 is 0 Å². The Morgan fingerprint density at radius 1 is 1.15 bits per heavy atom. The molecular weight excluding hydrogens is 350 g/mol. The third kappa shape index (κ3) is 3.45. The zero-order valence-corrected chi connectivity index (χ0v) is 16.2. The first kappa shape index (κ1) is 18.4. The number of aryl methyl sites for hydroxylation is 2. The van der Waals surface area contributed by atoms with Crippen LogP contribution in [0.1, 0.15) is 34.1 Å². The minimum atomic E-state index is -3.68. The summed E-state index contributed by atoms with van der Waals surface area (Å²) in [6, 6.07) is 7.04. The van der Waals surface area contributed by atoms with Crippen molar-refractivity contribution < 1.29 is 12.8 Å². The fourth-order valence-corrected chi connectivity index (χ4v) is 4.76. The highest BCUT2D eigenvalue weighted by Gasteiger charge is 2.25. The first-order chi connectivity index (χ1) is 12.3. The van der Waals surface area contributed by atoms with Gasteiger partial charge in [0.2, 0.25) is 10.0 Å². The number of furan rings is 1. The van der Waals surface area contributed by atoms with Gasteiger partial charge < -0.3 is 4.42 Å². The van der Waals surface area contributed by atoms with Crippen LogP contribution in [-0.4, -0.2) is 24.7 Å². The molecule has 0 amide bonds. The molecule has 0 saturated heterocycles. The number of nitrogens with zero attached hydrogens (tertiary/aromatic N) is 2. The number of benzene rings is 1. The van der Waals surface area contributed by atoms with Crippen LogP contribution in [0.25, 0.3) is 0 Å². The molecule has 0 spiro atoms. The summed E-state index contributed by atoms with van der Waals surface area (Å²) in [5.41, 5.74) is 3.47. The second kappa shape index (κ2) is 7.09. The van der Waals surface area contributed by atoms with Crippen molar-refractivity contribution in [2.24, 2.45) is 0 Å². The van der Waals surface area contributed by atoms with E-state index in [-0.39, 0.29) is 12.6 Å². The maximum atomic E-state index is 13.1. The van der Waals surface area contributed by atoms with Crippen molar-refractivity contribution in [3.05, 3.63) is 70.9 Å². The van der Waals surface area contributed by atoms with Crippen LogP contribution in [0.5, 0.6) is 0 Å². The first-order valence-electron chi connectivity index (χ1n) is 8.41. The molecular formula is C19H23N3O3S.